The molecule has 0 aliphatic carbocycles. The first-order chi connectivity index (χ1) is 8.85. The zero-order chi connectivity index (χ0) is 12.4. The van der Waals surface area contributed by atoms with Crippen molar-refractivity contribution in [2.75, 3.05) is 6.54 Å². The van der Waals surface area contributed by atoms with E-state index in [4.69, 9.17) is 5.84 Å². The number of aliphatic imine (C=N–C) groups is 1. The van der Waals surface area contributed by atoms with Crippen molar-refractivity contribution in [3.8, 4) is 0 Å². The molecule has 0 spiro atoms. The summed E-state index contributed by atoms with van der Waals surface area (Å²) in [5, 5.41) is 6.41. The molecule has 1 aromatic carbocycles. The van der Waals surface area contributed by atoms with Crippen LogP contribution in [0.1, 0.15) is 5.82 Å². The largest absolute Gasteiger partial charge is 0.341 e. The average molecular weight is 245 g/mol. The quantitative estimate of drug-likeness (QED) is 0.367. The van der Waals surface area contributed by atoms with Gasteiger partial charge in [0, 0.05) is 0 Å². The van der Waals surface area contributed by atoms with Gasteiger partial charge in [0.25, 0.3) is 0 Å². The normalized spacial score (nSPS) is 18.7. The third kappa shape index (κ3) is 2.13. The standard InChI is InChI=1S/C11H15N7/c12-18-11-14-5-9(17-11)13-6-10-15-7-3-1-2-4-8(7)16-10/h1-4,9,13H,5-6,12H2,(H,15,16)(H2,14,17,18). The summed E-state index contributed by atoms with van der Waals surface area (Å²) in [6.07, 6.45) is 0.0873. The van der Waals surface area contributed by atoms with Crippen molar-refractivity contribution in [3.63, 3.8) is 0 Å². The predicted molar refractivity (Wildman–Crippen MR) is 69.5 cm³/mol. The number of nitrogens with one attached hydrogen (secondary N) is 4. The Labute approximate surface area is 104 Å². The Bertz CT molecular complexity index is 541. The van der Waals surface area contributed by atoms with E-state index in [-0.39, 0.29) is 6.17 Å². The van der Waals surface area contributed by atoms with Crippen LogP contribution in [0.5, 0.6) is 0 Å². The number of rotatable bonds is 3. The number of hydrazine groups is 1. The number of hydrogen-bond donors (Lipinski definition) is 5. The lowest BCUT2D eigenvalue weighted by atomic mass is 10.3. The lowest BCUT2D eigenvalue weighted by Gasteiger charge is -2.12. The van der Waals surface area contributed by atoms with Crippen LogP contribution in [0.15, 0.2) is 29.3 Å². The van der Waals surface area contributed by atoms with E-state index in [9.17, 15) is 0 Å². The van der Waals surface area contributed by atoms with Crippen molar-refractivity contribution in [2.24, 2.45) is 10.8 Å². The van der Waals surface area contributed by atoms with Crippen LogP contribution in [0.3, 0.4) is 0 Å². The number of benzene rings is 1. The lowest BCUT2D eigenvalue weighted by Crippen LogP contribution is -2.48. The highest BCUT2D eigenvalue weighted by Crippen LogP contribution is 2.10. The Morgan fingerprint density at radius 1 is 1.39 bits per heavy atom. The summed E-state index contributed by atoms with van der Waals surface area (Å²) in [5.41, 5.74) is 4.52. The molecule has 2 aromatic rings. The van der Waals surface area contributed by atoms with Gasteiger partial charge in [-0.05, 0) is 12.1 Å². The number of H-pyrrole nitrogens is 1. The van der Waals surface area contributed by atoms with Gasteiger partial charge in [0.05, 0.1) is 30.3 Å². The highest BCUT2D eigenvalue weighted by Gasteiger charge is 2.15. The molecule has 1 atom stereocenters. The maximum Gasteiger partial charge on any atom is 0.207 e. The number of guanidine groups is 1. The Kier molecular flexibility index (Phi) is 2.83. The number of hydrogen-bond acceptors (Lipinski definition) is 6. The van der Waals surface area contributed by atoms with Gasteiger partial charge in [-0.25, -0.2) is 15.8 Å². The number of para-hydroxylation sites is 2. The van der Waals surface area contributed by atoms with E-state index in [2.05, 4.69) is 31.0 Å². The van der Waals surface area contributed by atoms with Crippen molar-refractivity contribution < 1.29 is 0 Å². The number of aromatic nitrogens is 2. The van der Waals surface area contributed by atoms with Gasteiger partial charge in [0.15, 0.2) is 0 Å². The summed E-state index contributed by atoms with van der Waals surface area (Å²) in [5.74, 6) is 6.78. The topological polar surface area (TPSA) is 103 Å². The average Bonchev–Trinajstić information content (AvgIpc) is 3.02. The van der Waals surface area contributed by atoms with E-state index in [0.29, 0.717) is 19.0 Å². The fourth-order valence-electron chi connectivity index (χ4n) is 1.95. The molecule has 0 fully saturated rings. The van der Waals surface area contributed by atoms with E-state index in [1.165, 1.54) is 0 Å². The Morgan fingerprint density at radius 2 is 2.28 bits per heavy atom. The number of nitrogens with zero attached hydrogens (tertiary/aromatic N) is 2. The van der Waals surface area contributed by atoms with Crippen molar-refractivity contribution >= 4 is 17.0 Å². The van der Waals surface area contributed by atoms with Gasteiger partial charge >= 0.3 is 0 Å². The fourth-order valence-corrected chi connectivity index (χ4v) is 1.95. The van der Waals surface area contributed by atoms with Gasteiger partial charge in [0.2, 0.25) is 5.96 Å². The second-order valence-corrected chi connectivity index (χ2v) is 4.11. The predicted octanol–water partition coefficient (Wildman–Crippen LogP) is -0.599. The molecule has 6 N–H and O–H groups in total. The molecule has 0 saturated carbocycles. The third-order valence-electron chi connectivity index (χ3n) is 2.83. The molecule has 1 aliphatic rings. The zero-order valence-corrected chi connectivity index (χ0v) is 9.77. The van der Waals surface area contributed by atoms with Crippen LogP contribution in [0.4, 0.5) is 0 Å². The molecule has 1 aromatic heterocycles. The number of nitrogens with two attached hydrogens (primary N) is 1. The van der Waals surface area contributed by atoms with Crippen LogP contribution in [0.25, 0.3) is 11.0 Å². The molecule has 94 valence electrons. The van der Waals surface area contributed by atoms with Gasteiger partial charge in [-0.3, -0.25) is 10.7 Å². The summed E-state index contributed by atoms with van der Waals surface area (Å²) < 4.78 is 0. The first-order valence-electron chi connectivity index (χ1n) is 5.80. The highest BCUT2D eigenvalue weighted by atomic mass is 15.4. The Morgan fingerprint density at radius 3 is 3.06 bits per heavy atom. The molecule has 1 aliphatic heterocycles. The van der Waals surface area contributed by atoms with Gasteiger partial charge in [-0.15, -0.1) is 0 Å². The molecule has 18 heavy (non-hydrogen) atoms. The smallest absolute Gasteiger partial charge is 0.207 e. The van der Waals surface area contributed by atoms with Gasteiger partial charge in [0.1, 0.15) is 5.82 Å². The van der Waals surface area contributed by atoms with Crippen LogP contribution < -0.4 is 21.9 Å². The van der Waals surface area contributed by atoms with Crippen LogP contribution in [-0.2, 0) is 6.54 Å². The summed E-state index contributed by atoms with van der Waals surface area (Å²) in [4.78, 5) is 11.9. The van der Waals surface area contributed by atoms with E-state index >= 15 is 0 Å². The van der Waals surface area contributed by atoms with E-state index in [0.717, 1.165) is 16.9 Å². The molecule has 0 amide bonds. The number of aromatic amines is 1. The lowest BCUT2D eigenvalue weighted by molar-refractivity contribution is 0.506. The second-order valence-electron chi connectivity index (χ2n) is 4.11. The first-order valence-corrected chi connectivity index (χ1v) is 5.80. The van der Waals surface area contributed by atoms with E-state index < -0.39 is 0 Å². The molecule has 0 saturated heterocycles. The number of fused-ring (bicyclic) bond motifs is 1. The molecule has 1 unspecified atom stereocenters. The summed E-state index contributed by atoms with van der Waals surface area (Å²) >= 11 is 0. The van der Waals surface area contributed by atoms with Gasteiger partial charge in [-0.2, -0.15) is 0 Å². The van der Waals surface area contributed by atoms with Crippen molar-refractivity contribution in [1.29, 1.82) is 0 Å². The first kappa shape index (κ1) is 11.0. The maximum absolute atomic E-state index is 5.26. The van der Waals surface area contributed by atoms with Crippen LogP contribution >= 0.6 is 0 Å². The summed E-state index contributed by atoms with van der Waals surface area (Å²) in [6.45, 7) is 1.31. The number of imidazole rings is 1. The minimum Gasteiger partial charge on any atom is -0.341 e. The Hall–Kier alpha value is -2.12. The second kappa shape index (κ2) is 4.63. The van der Waals surface area contributed by atoms with Gasteiger partial charge < -0.3 is 10.3 Å². The molecule has 0 radical (unpaired) electrons. The van der Waals surface area contributed by atoms with Crippen LogP contribution in [0.2, 0.25) is 0 Å². The van der Waals surface area contributed by atoms with Crippen molar-refractivity contribution in [3.05, 3.63) is 30.1 Å². The molecule has 2 heterocycles. The van der Waals surface area contributed by atoms with Crippen molar-refractivity contribution in [2.45, 2.75) is 12.7 Å². The summed E-state index contributed by atoms with van der Waals surface area (Å²) in [7, 11) is 0. The van der Waals surface area contributed by atoms with Crippen LogP contribution in [-0.4, -0.2) is 28.6 Å². The third-order valence-corrected chi connectivity index (χ3v) is 2.83. The maximum atomic E-state index is 5.26. The van der Waals surface area contributed by atoms with E-state index in [1.54, 1.807) is 0 Å². The van der Waals surface area contributed by atoms with Gasteiger partial charge in [-0.1, -0.05) is 12.1 Å². The van der Waals surface area contributed by atoms with Crippen molar-refractivity contribution in [1.82, 2.24) is 26.0 Å². The zero-order valence-electron chi connectivity index (χ0n) is 9.77. The van der Waals surface area contributed by atoms with Crippen LogP contribution in [0, 0.1) is 0 Å². The molecular formula is C11H15N7. The summed E-state index contributed by atoms with van der Waals surface area (Å²) in [6, 6.07) is 7.97. The monoisotopic (exact) mass is 245 g/mol. The SMILES string of the molecule is NNC1=NCC(NCc2nc3ccccc3[nH]2)N1. The fraction of sp³-hybridized carbons (Fsp3) is 0.273. The molecular weight excluding hydrogens is 230 g/mol. The minimum atomic E-state index is 0.0873. The molecule has 7 heteroatoms. The van der Waals surface area contributed by atoms with E-state index in [1.807, 2.05) is 24.3 Å². The molecule has 7 nitrogen and oxygen atoms in total. The molecule has 0 bridgehead atoms. The minimum absolute atomic E-state index is 0.0873. The Balaban J connectivity index is 1.60. The highest BCUT2D eigenvalue weighted by molar-refractivity contribution is 5.81. The molecule has 3 rings (SSSR count).